The van der Waals surface area contributed by atoms with Crippen LogP contribution in [0, 0.1) is 0 Å². The van der Waals surface area contributed by atoms with Crippen LogP contribution in [-0.4, -0.2) is 28.9 Å². The predicted octanol–water partition coefficient (Wildman–Crippen LogP) is 1.04. The van der Waals surface area contributed by atoms with Gasteiger partial charge in [0, 0.05) is 6.54 Å². The van der Waals surface area contributed by atoms with Crippen molar-refractivity contribution in [2.75, 3.05) is 13.1 Å². The van der Waals surface area contributed by atoms with E-state index < -0.39 is 11.2 Å². The van der Waals surface area contributed by atoms with Crippen LogP contribution < -0.4 is 5.32 Å². The number of piperidine rings is 1. The molecule has 0 spiro atoms. The van der Waals surface area contributed by atoms with Crippen molar-refractivity contribution in [2.24, 2.45) is 0 Å². The van der Waals surface area contributed by atoms with Crippen LogP contribution in [0.2, 0.25) is 0 Å². The van der Waals surface area contributed by atoms with Gasteiger partial charge in [-0.2, -0.15) is 0 Å². The molecule has 0 aliphatic carbocycles. The summed E-state index contributed by atoms with van der Waals surface area (Å²) in [6.07, 6.45) is 0.554. The molecule has 1 aliphatic heterocycles. The van der Waals surface area contributed by atoms with Gasteiger partial charge in [-0.3, -0.25) is 0 Å². The molecule has 3 N–H and O–H groups in total. The number of aliphatic hydroxyl groups is 2. The third-order valence-electron chi connectivity index (χ3n) is 3.31. The summed E-state index contributed by atoms with van der Waals surface area (Å²) in [4.78, 5) is 0. The van der Waals surface area contributed by atoms with Crippen molar-refractivity contribution in [3.05, 3.63) is 35.9 Å². The van der Waals surface area contributed by atoms with Gasteiger partial charge in [0.15, 0.2) is 0 Å². The number of benzene rings is 1. The van der Waals surface area contributed by atoms with Crippen molar-refractivity contribution in [1.82, 2.24) is 5.32 Å². The van der Waals surface area contributed by atoms with E-state index in [1.807, 2.05) is 30.3 Å². The lowest BCUT2D eigenvalue weighted by Gasteiger charge is -2.45. The second kappa shape index (κ2) is 4.72. The number of β-amino-alcohol motifs (C(OH)–C–C–N with tert-alkyl or cyclic N) is 1. The number of hydrogen-bond donors (Lipinski definition) is 3. The maximum Gasteiger partial charge on any atom is 0.130 e. The van der Waals surface area contributed by atoms with Gasteiger partial charge in [0.25, 0.3) is 0 Å². The van der Waals surface area contributed by atoms with Crippen LogP contribution in [0.15, 0.2) is 30.3 Å². The quantitative estimate of drug-likeness (QED) is 0.691. The predicted molar refractivity (Wildman–Crippen MR) is 65.7 cm³/mol. The van der Waals surface area contributed by atoms with Crippen molar-refractivity contribution >= 4 is 12.4 Å². The van der Waals surface area contributed by atoms with Gasteiger partial charge in [-0.25, -0.2) is 0 Å². The molecule has 0 aromatic heterocycles. The molecule has 0 radical (unpaired) electrons. The van der Waals surface area contributed by atoms with Gasteiger partial charge in [-0.15, -0.1) is 12.4 Å². The first-order valence-corrected chi connectivity index (χ1v) is 5.27. The summed E-state index contributed by atoms with van der Waals surface area (Å²) in [5.41, 5.74) is -1.49. The van der Waals surface area contributed by atoms with Crippen molar-refractivity contribution in [3.8, 4) is 0 Å². The molecule has 0 amide bonds. The number of halogens is 1. The standard InChI is InChI=1S/C12H17NO2.ClH/c1-11(14)7-8-13-9-12(11,15)10-5-3-2-4-6-10;/h2-6,13-15H,7-9H2,1H3;1H/t11-,12-;/m0./s1. The minimum absolute atomic E-state index is 0. The molecule has 4 heteroatoms. The number of rotatable bonds is 1. The number of nitrogens with one attached hydrogen (secondary N) is 1. The molecule has 1 aromatic rings. The molecular formula is C12H18ClNO2. The summed E-state index contributed by atoms with van der Waals surface area (Å²) < 4.78 is 0. The van der Waals surface area contributed by atoms with Crippen LogP contribution in [-0.2, 0) is 5.60 Å². The SMILES string of the molecule is C[C@]1(O)CCNC[C@]1(O)c1ccccc1.Cl. The highest BCUT2D eigenvalue weighted by Crippen LogP contribution is 2.36. The monoisotopic (exact) mass is 243 g/mol. The molecule has 1 heterocycles. The Morgan fingerprint density at radius 3 is 2.38 bits per heavy atom. The first-order valence-electron chi connectivity index (χ1n) is 5.27. The third-order valence-corrected chi connectivity index (χ3v) is 3.31. The number of hydrogen-bond acceptors (Lipinski definition) is 3. The summed E-state index contributed by atoms with van der Waals surface area (Å²) >= 11 is 0. The lowest BCUT2D eigenvalue weighted by molar-refractivity contribution is -0.162. The highest BCUT2D eigenvalue weighted by molar-refractivity contribution is 5.85. The Kier molecular flexibility index (Phi) is 3.97. The van der Waals surface area contributed by atoms with Crippen LogP contribution in [0.5, 0.6) is 0 Å². The molecule has 0 unspecified atom stereocenters. The molecule has 90 valence electrons. The smallest absolute Gasteiger partial charge is 0.130 e. The van der Waals surface area contributed by atoms with Gasteiger partial charge in [-0.1, -0.05) is 30.3 Å². The summed E-state index contributed by atoms with van der Waals surface area (Å²) in [7, 11) is 0. The molecule has 0 saturated carbocycles. The van der Waals surface area contributed by atoms with Crippen LogP contribution in [0.3, 0.4) is 0 Å². The van der Waals surface area contributed by atoms with E-state index in [0.717, 1.165) is 12.1 Å². The van der Waals surface area contributed by atoms with Crippen LogP contribution >= 0.6 is 12.4 Å². The zero-order chi connectivity index (χ0) is 10.9. The maximum atomic E-state index is 10.6. The summed E-state index contributed by atoms with van der Waals surface area (Å²) in [5, 5.41) is 23.9. The van der Waals surface area contributed by atoms with E-state index in [0.29, 0.717) is 13.0 Å². The fourth-order valence-corrected chi connectivity index (χ4v) is 2.13. The lowest BCUT2D eigenvalue weighted by Crippen LogP contribution is -2.60. The molecular weight excluding hydrogens is 226 g/mol. The van der Waals surface area contributed by atoms with Gasteiger partial charge in [0.2, 0.25) is 0 Å². The third kappa shape index (κ3) is 2.09. The lowest BCUT2D eigenvalue weighted by atomic mass is 9.74. The van der Waals surface area contributed by atoms with Gasteiger partial charge in [-0.05, 0) is 25.5 Å². The highest BCUT2D eigenvalue weighted by Gasteiger charge is 2.48. The second-order valence-corrected chi connectivity index (χ2v) is 4.43. The van der Waals surface area contributed by atoms with E-state index in [2.05, 4.69) is 5.32 Å². The minimum atomic E-state index is -1.19. The van der Waals surface area contributed by atoms with E-state index in [4.69, 9.17) is 0 Å². The highest BCUT2D eigenvalue weighted by atomic mass is 35.5. The average molecular weight is 244 g/mol. The molecule has 1 aromatic carbocycles. The summed E-state index contributed by atoms with van der Waals surface area (Å²) in [6.45, 7) is 2.83. The van der Waals surface area contributed by atoms with Crippen molar-refractivity contribution in [1.29, 1.82) is 0 Å². The zero-order valence-corrected chi connectivity index (χ0v) is 10.1. The molecule has 2 atom stereocenters. The zero-order valence-electron chi connectivity index (χ0n) is 9.31. The molecule has 2 rings (SSSR count). The topological polar surface area (TPSA) is 52.5 Å². The van der Waals surface area contributed by atoms with Gasteiger partial charge in [0.05, 0.1) is 5.60 Å². The Morgan fingerprint density at radius 1 is 1.19 bits per heavy atom. The molecule has 1 fully saturated rings. The normalized spacial score (nSPS) is 34.2. The van der Waals surface area contributed by atoms with E-state index in [-0.39, 0.29) is 12.4 Å². The van der Waals surface area contributed by atoms with E-state index in [9.17, 15) is 10.2 Å². The summed E-state index contributed by atoms with van der Waals surface area (Å²) in [6, 6.07) is 9.34. The fraction of sp³-hybridized carbons (Fsp3) is 0.500. The van der Waals surface area contributed by atoms with Crippen LogP contribution in [0.25, 0.3) is 0 Å². The minimum Gasteiger partial charge on any atom is -0.387 e. The molecule has 1 aliphatic rings. The van der Waals surface area contributed by atoms with Gasteiger partial charge in [0.1, 0.15) is 5.60 Å². The van der Waals surface area contributed by atoms with Gasteiger partial charge >= 0.3 is 0 Å². The van der Waals surface area contributed by atoms with E-state index in [1.165, 1.54) is 0 Å². The first-order chi connectivity index (χ1) is 7.06. The van der Waals surface area contributed by atoms with Crippen molar-refractivity contribution in [2.45, 2.75) is 24.5 Å². The second-order valence-electron chi connectivity index (χ2n) is 4.43. The molecule has 16 heavy (non-hydrogen) atoms. The van der Waals surface area contributed by atoms with Crippen molar-refractivity contribution in [3.63, 3.8) is 0 Å². The maximum absolute atomic E-state index is 10.6. The van der Waals surface area contributed by atoms with E-state index >= 15 is 0 Å². The van der Waals surface area contributed by atoms with Gasteiger partial charge < -0.3 is 15.5 Å². The van der Waals surface area contributed by atoms with Crippen molar-refractivity contribution < 1.29 is 10.2 Å². The fourth-order valence-electron chi connectivity index (χ4n) is 2.13. The molecule has 1 saturated heterocycles. The molecule has 3 nitrogen and oxygen atoms in total. The summed E-state index contributed by atoms with van der Waals surface area (Å²) in [5.74, 6) is 0. The Morgan fingerprint density at radius 2 is 1.81 bits per heavy atom. The Hall–Kier alpha value is -0.610. The molecule has 0 bridgehead atoms. The largest absolute Gasteiger partial charge is 0.387 e. The first kappa shape index (κ1) is 13.5. The van der Waals surface area contributed by atoms with E-state index in [1.54, 1.807) is 6.92 Å². The average Bonchev–Trinajstić information content (AvgIpc) is 2.24. The Balaban J connectivity index is 0.00000128. The van der Waals surface area contributed by atoms with Crippen LogP contribution in [0.1, 0.15) is 18.9 Å². The van der Waals surface area contributed by atoms with Crippen LogP contribution in [0.4, 0.5) is 0 Å². The Bertz CT molecular complexity index is 342. The Labute approximate surface area is 102 Å².